The Morgan fingerprint density at radius 2 is 1.68 bits per heavy atom. The number of amides is 4. The topological polar surface area (TPSA) is 141 Å². The van der Waals surface area contributed by atoms with E-state index in [9.17, 15) is 37.6 Å². The van der Waals surface area contributed by atoms with Crippen LogP contribution in [-0.4, -0.2) is 99.7 Å². The maximum absolute atomic E-state index is 13.8. The van der Waals surface area contributed by atoms with Gasteiger partial charge in [0.15, 0.2) is 0 Å². The second-order valence-electron chi connectivity index (χ2n) is 16.6. The van der Waals surface area contributed by atoms with Crippen molar-refractivity contribution in [3.8, 4) is 6.07 Å². The van der Waals surface area contributed by atoms with Crippen molar-refractivity contribution in [1.29, 1.82) is 5.26 Å². The summed E-state index contributed by atoms with van der Waals surface area (Å²) < 4.78 is 41.3. The van der Waals surface area contributed by atoms with Crippen molar-refractivity contribution in [3.63, 3.8) is 0 Å². The standard InChI is InChI=1S/C41H53F3N8O4S/c1-25-22-49(23-26(2)50(25)24-36(54)47-30-9-5-8-29(19-30)46-34-16-17-35(53)48-37(34)55)18-6-7-27-10-13-31(14-11-27)52-39(57)51(38(56)40(52,3)4)32-15-12-28(21-45)33(20-32)41(42,43)44/h5,8-9,12,15,19-20,25-27,31,34,39,46,57H,6-7,10-11,13-14,16-18,22-24H2,1-4H3,(H,47,54)(H,48,53,55)/t25-,26+,27?,31?,34-,39?/m0/s1. The van der Waals surface area contributed by atoms with Gasteiger partial charge < -0.3 is 15.5 Å². The average molecular weight is 811 g/mol. The lowest BCUT2D eigenvalue weighted by Gasteiger charge is -2.44. The first-order valence-corrected chi connectivity index (χ1v) is 20.4. The smallest absolute Gasteiger partial charge is 0.374 e. The summed E-state index contributed by atoms with van der Waals surface area (Å²) in [6, 6.07) is 12.1. The Kier molecular flexibility index (Phi) is 12.9. The number of benzene rings is 2. The molecule has 1 saturated carbocycles. The fourth-order valence-electron chi connectivity index (χ4n) is 9.19. The molecule has 3 heterocycles. The molecule has 2 aromatic rings. The number of rotatable bonds is 11. The first-order chi connectivity index (χ1) is 27.0. The molecule has 57 heavy (non-hydrogen) atoms. The predicted molar refractivity (Wildman–Crippen MR) is 214 cm³/mol. The van der Waals surface area contributed by atoms with E-state index in [1.54, 1.807) is 32.0 Å². The van der Waals surface area contributed by atoms with Crippen molar-refractivity contribution in [2.45, 2.75) is 120 Å². The van der Waals surface area contributed by atoms with Gasteiger partial charge in [0.2, 0.25) is 23.6 Å². The Morgan fingerprint density at radius 1 is 1.00 bits per heavy atom. The minimum absolute atomic E-state index is 0.0542. The Hall–Kier alpha value is -4.17. The number of nitrogens with one attached hydrogen (secondary N) is 3. The minimum atomic E-state index is -4.73. The summed E-state index contributed by atoms with van der Waals surface area (Å²) in [5, 5.41) is 17.7. The molecule has 12 nitrogen and oxygen atoms in total. The van der Waals surface area contributed by atoms with Crippen LogP contribution in [0.3, 0.4) is 0 Å². The summed E-state index contributed by atoms with van der Waals surface area (Å²) in [5.74, 6) is -0.514. The number of imide groups is 1. The van der Waals surface area contributed by atoms with Gasteiger partial charge in [-0.05, 0) is 122 Å². The van der Waals surface area contributed by atoms with Crippen LogP contribution in [0.4, 0.5) is 30.2 Å². The Morgan fingerprint density at radius 3 is 2.33 bits per heavy atom. The third kappa shape index (κ3) is 9.59. The van der Waals surface area contributed by atoms with Crippen LogP contribution in [0.2, 0.25) is 0 Å². The number of hydrogen-bond donors (Lipinski definition) is 4. The second kappa shape index (κ2) is 17.4. The van der Waals surface area contributed by atoms with Gasteiger partial charge in [0.1, 0.15) is 11.5 Å². The molecule has 3 saturated heterocycles. The van der Waals surface area contributed by atoms with Crippen LogP contribution in [0.1, 0.15) is 90.2 Å². The monoisotopic (exact) mass is 810 g/mol. The van der Waals surface area contributed by atoms with E-state index < -0.39 is 34.4 Å². The lowest BCUT2D eigenvalue weighted by Crippen LogP contribution is -2.58. The molecular formula is C41H53F3N8O4S. The van der Waals surface area contributed by atoms with Crippen molar-refractivity contribution in [3.05, 3.63) is 53.6 Å². The maximum atomic E-state index is 13.8. The average Bonchev–Trinajstić information content (AvgIpc) is 3.32. The minimum Gasteiger partial charge on any atom is -0.374 e. The molecule has 16 heteroatoms. The van der Waals surface area contributed by atoms with Gasteiger partial charge in [-0.2, -0.15) is 18.4 Å². The van der Waals surface area contributed by atoms with Gasteiger partial charge in [-0.1, -0.05) is 6.07 Å². The molecule has 1 aliphatic carbocycles. The van der Waals surface area contributed by atoms with Gasteiger partial charge >= 0.3 is 6.18 Å². The molecule has 4 fully saturated rings. The number of carbonyl (C=O) groups excluding carboxylic acids is 4. The van der Waals surface area contributed by atoms with Gasteiger partial charge in [0.25, 0.3) is 0 Å². The lowest BCUT2D eigenvalue weighted by molar-refractivity contribution is -0.138. The highest BCUT2D eigenvalue weighted by molar-refractivity contribution is 7.81. The third-order valence-corrected chi connectivity index (χ3v) is 12.6. The number of piperazine rings is 1. The molecule has 4 aliphatic rings. The van der Waals surface area contributed by atoms with E-state index in [0.717, 1.165) is 70.3 Å². The first kappa shape index (κ1) is 42.4. The van der Waals surface area contributed by atoms with Crippen LogP contribution in [0.15, 0.2) is 42.5 Å². The van der Waals surface area contributed by atoms with Crippen molar-refractivity contribution in [1.82, 2.24) is 20.0 Å². The summed E-state index contributed by atoms with van der Waals surface area (Å²) >= 11 is 4.79. The van der Waals surface area contributed by atoms with Gasteiger partial charge in [0.05, 0.1) is 29.3 Å². The summed E-state index contributed by atoms with van der Waals surface area (Å²) in [4.78, 5) is 58.6. The molecular weight excluding hydrogens is 758 g/mol. The van der Waals surface area contributed by atoms with Crippen molar-refractivity contribution >= 4 is 53.3 Å². The van der Waals surface area contributed by atoms with E-state index in [0.29, 0.717) is 23.7 Å². The normalized spacial score (nSPS) is 27.6. The summed E-state index contributed by atoms with van der Waals surface area (Å²) in [5.41, 5.74) is -1.87. The zero-order chi connectivity index (χ0) is 41.2. The van der Waals surface area contributed by atoms with E-state index in [2.05, 4.69) is 39.6 Å². The van der Waals surface area contributed by atoms with E-state index in [4.69, 9.17) is 12.6 Å². The van der Waals surface area contributed by atoms with Crippen LogP contribution in [0.5, 0.6) is 0 Å². The molecule has 3 N–H and O–H groups in total. The predicted octanol–water partition coefficient (Wildman–Crippen LogP) is 5.81. The lowest BCUT2D eigenvalue weighted by atomic mass is 9.81. The fraction of sp³-hybridized carbons (Fsp3) is 0.585. The molecule has 1 unspecified atom stereocenters. The summed E-state index contributed by atoms with van der Waals surface area (Å²) in [6.45, 7) is 10.9. The Labute approximate surface area is 337 Å². The Balaban J connectivity index is 0.942. The van der Waals surface area contributed by atoms with Gasteiger partial charge in [-0.3, -0.25) is 39.2 Å². The molecule has 4 amide bonds. The molecule has 308 valence electrons. The van der Waals surface area contributed by atoms with Crippen molar-refractivity contribution in [2.24, 2.45) is 5.92 Å². The van der Waals surface area contributed by atoms with Crippen LogP contribution < -0.4 is 20.9 Å². The molecule has 0 spiro atoms. The van der Waals surface area contributed by atoms with Crippen LogP contribution >= 0.6 is 12.6 Å². The van der Waals surface area contributed by atoms with Crippen LogP contribution in [-0.2, 0) is 25.4 Å². The highest BCUT2D eigenvalue weighted by Crippen LogP contribution is 2.44. The molecule has 4 atom stereocenters. The molecule has 2 aromatic carbocycles. The molecule has 3 aliphatic heterocycles. The van der Waals surface area contributed by atoms with Crippen molar-refractivity contribution in [2.75, 3.05) is 41.7 Å². The molecule has 0 bridgehead atoms. The van der Waals surface area contributed by atoms with Crippen LogP contribution in [0.25, 0.3) is 0 Å². The van der Waals surface area contributed by atoms with Gasteiger partial charge in [0, 0.05) is 54.7 Å². The van der Waals surface area contributed by atoms with E-state index in [1.165, 1.54) is 11.0 Å². The quantitative estimate of drug-likeness (QED) is 0.164. The highest BCUT2D eigenvalue weighted by Gasteiger charge is 2.54. The first-order valence-electron chi connectivity index (χ1n) is 19.9. The fourth-order valence-corrected chi connectivity index (χ4v) is 9.91. The molecule has 0 radical (unpaired) electrons. The number of nitrogens with zero attached hydrogens (tertiary/aromatic N) is 5. The van der Waals surface area contributed by atoms with E-state index >= 15 is 0 Å². The third-order valence-electron chi connectivity index (χ3n) is 12.1. The summed E-state index contributed by atoms with van der Waals surface area (Å²) in [6.07, 6.45) is 1.80. The number of carbonyl (C=O) groups is 4. The molecule has 6 rings (SSSR count). The number of thiol groups is 1. The Bertz CT molecular complexity index is 1870. The zero-order valence-corrected chi connectivity index (χ0v) is 33.8. The second-order valence-corrected chi connectivity index (χ2v) is 17.0. The van der Waals surface area contributed by atoms with Gasteiger partial charge in [-0.15, -0.1) is 12.6 Å². The number of nitriles is 1. The molecule has 0 aromatic heterocycles. The van der Waals surface area contributed by atoms with Gasteiger partial charge in [-0.25, -0.2) is 0 Å². The van der Waals surface area contributed by atoms with E-state index in [-0.39, 0.29) is 60.4 Å². The maximum Gasteiger partial charge on any atom is 0.417 e. The van der Waals surface area contributed by atoms with Crippen LogP contribution in [0, 0.1) is 17.2 Å². The largest absolute Gasteiger partial charge is 0.417 e. The number of hydrogen-bond acceptors (Lipinski definition) is 10. The zero-order valence-electron chi connectivity index (χ0n) is 32.9. The summed E-state index contributed by atoms with van der Waals surface area (Å²) in [7, 11) is 0. The number of piperidine rings is 1. The highest BCUT2D eigenvalue weighted by atomic mass is 32.1. The number of halogens is 3. The number of alkyl halides is 3. The number of anilines is 3. The van der Waals surface area contributed by atoms with E-state index in [1.807, 2.05) is 17.0 Å². The SMILES string of the molecule is C[C@@H]1CN(CCCC2CCC(N3C(S)N(c4ccc(C#N)c(C(F)(F)F)c4)C(=O)C3(C)C)CC2)C[C@H](C)N1CC(=O)Nc1cccc(N[C@H]2CCC(=O)NC2=O)c1. The van der Waals surface area contributed by atoms with Crippen molar-refractivity contribution < 1.29 is 32.3 Å².